The zero-order valence-corrected chi connectivity index (χ0v) is 22.8. The molecule has 1 saturated carbocycles. The topological polar surface area (TPSA) is 130 Å². The Kier molecular flexibility index (Phi) is 8.01. The SMILES string of the molecule is C[C@H]1[C@H](OC(=O)CCC(=O)NC[C@@H](CC(=O)O)c2ccccc2)O[C@@H]2O[C@]3(C)CC[C@H]4[C@H](C)CC[C@@H]1[C@]24OO3. The van der Waals surface area contributed by atoms with Crippen LogP contribution in [-0.2, 0) is 38.4 Å². The zero-order chi connectivity index (χ0) is 27.8. The largest absolute Gasteiger partial charge is 0.481 e. The van der Waals surface area contributed by atoms with Crippen molar-refractivity contribution in [1.82, 2.24) is 5.32 Å². The van der Waals surface area contributed by atoms with Crippen LogP contribution in [0.1, 0.15) is 77.2 Å². The smallest absolute Gasteiger partial charge is 0.308 e. The standard InChI is InChI=1S/C29H39NO9/c1-17-9-10-22-18(2)26(36-27-29(22)21(17)13-14-28(3,37-27)38-39-29)35-25(34)12-11-23(31)30-16-20(15-24(32)33)19-7-5-4-6-8-19/h4-8,17-18,20-22,26-27H,9-16H2,1-3H3,(H,30,31)(H,32,33)/t17-,18-,20-,21+,22+,26-,27-,28+,29+/m1/s1. The summed E-state index contributed by atoms with van der Waals surface area (Å²) >= 11 is 0. The second kappa shape index (κ2) is 11.2. The van der Waals surface area contributed by atoms with Crippen LogP contribution in [-0.4, -0.2) is 53.5 Å². The van der Waals surface area contributed by atoms with Gasteiger partial charge < -0.3 is 24.6 Å². The van der Waals surface area contributed by atoms with E-state index in [2.05, 4.69) is 12.2 Å². The van der Waals surface area contributed by atoms with Gasteiger partial charge in [0.25, 0.3) is 0 Å². The van der Waals surface area contributed by atoms with Crippen LogP contribution in [0.25, 0.3) is 0 Å². The lowest BCUT2D eigenvalue weighted by Gasteiger charge is -2.59. The number of carbonyl (C=O) groups is 3. The number of carboxylic acid groups (broad SMARTS) is 1. The van der Waals surface area contributed by atoms with Crippen molar-refractivity contribution in [3.8, 4) is 0 Å². The summed E-state index contributed by atoms with van der Waals surface area (Å²) in [6.45, 7) is 6.25. The third kappa shape index (κ3) is 5.57. The van der Waals surface area contributed by atoms with Gasteiger partial charge in [0.2, 0.25) is 18.0 Å². The maximum Gasteiger partial charge on any atom is 0.308 e. The lowest BCUT2D eigenvalue weighted by Crippen LogP contribution is -2.70. The number of ether oxygens (including phenoxy) is 3. The van der Waals surface area contributed by atoms with Crippen molar-refractivity contribution in [2.75, 3.05) is 6.54 Å². The molecule has 39 heavy (non-hydrogen) atoms. The first-order valence-electron chi connectivity index (χ1n) is 14.0. The Morgan fingerprint density at radius 3 is 2.59 bits per heavy atom. The van der Waals surface area contributed by atoms with Crippen LogP contribution in [0.3, 0.4) is 0 Å². The molecular formula is C29H39NO9. The molecular weight excluding hydrogens is 506 g/mol. The second-order valence-electron chi connectivity index (χ2n) is 11.8. The highest BCUT2D eigenvalue weighted by Crippen LogP contribution is 2.60. The van der Waals surface area contributed by atoms with Gasteiger partial charge in [-0.15, -0.1) is 0 Å². The van der Waals surface area contributed by atoms with E-state index in [0.717, 1.165) is 24.8 Å². The van der Waals surface area contributed by atoms with Crippen LogP contribution in [0.15, 0.2) is 30.3 Å². The van der Waals surface area contributed by atoms with E-state index >= 15 is 0 Å². The number of hydrogen-bond donors (Lipinski definition) is 2. The number of fused-ring (bicyclic) bond motifs is 2. The molecule has 10 nitrogen and oxygen atoms in total. The highest BCUT2D eigenvalue weighted by atomic mass is 17.3. The van der Waals surface area contributed by atoms with Crippen LogP contribution in [0.5, 0.6) is 0 Å². The summed E-state index contributed by atoms with van der Waals surface area (Å²) in [5, 5.41) is 12.0. The van der Waals surface area contributed by atoms with Crippen LogP contribution >= 0.6 is 0 Å². The monoisotopic (exact) mass is 545 g/mol. The Balaban J connectivity index is 1.16. The first-order valence-corrected chi connectivity index (χ1v) is 14.0. The van der Waals surface area contributed by atoms with E-state index in [1.807, 2.05) is 44.2 Å². The van der Waals surface area contributed by atoms with Crippen molar-refractivity contribution < 1.29 is 43.5 Å². The summed E-state index contributed by atoms with van der Waals surface area (Å²) in [5.41, 5.74) is 0.0963. The van der Waals surface area contributed by atoms with Crippen molar-refractivity contribution in [3.63, 3.8) is 0 Å². The van der Waals surface area contributed by atoms with Gasteiger partial charge in [-0.25, -0.2) is 9.78 Å². The average molecular weight is 546 g/mol. The molecule has 214 valence electrons. The van der Waals surface area contributed by atoms with Gasteiger partial charge in [0.05, 0.1) is 12.8 Å². The predicted octanol–water partition coefficient (Wildman–Crippen LogP) is 3.89. The third-order valence-corrected chi connectivity index (χ3v) is 9.14. The van der Waals surface area contributed by atoms with Crippen LogP contribution < -0.4 is 5.32 Å². The number of esters is 1. The lowest BCUT2D eigenvalue weighted by atomic mass is 9.58. The highest BCUT2D eigenvalue weighted by Gasteiger charge is 2.69. The Morgan fingerprint density at radius 2 is 1.85 bits per heavy atom. The number of hydrogen-bond acceptors (Lipinski definition) is 8. The van der Waals surface area contributed by atoms with E-state index in [0.29, 0.717) is 12.3 Å². The lowest BCUT2D eigenvalue weighted by molar-refractivity contribution is -0.576. The van der Waals surface area contributed by atoms with Crippen LogP contribution in [0.4, 0.5) is 0 Å². The Labute approximate surface area is 228 Å². The number of aliphatic carboxylic acids is 1. The van der Waals surface area contributed by atoms with E-state index < -0.39 is 35.9 Å². The molecule has 2 N–H and O–H groups in total. The van der Waals surface area contributed by atoms with Crippen LogP contribution in [0, 0.1) is 23.7 Å². The van der Waals surface area contributed by atoms with Gasteiger partial charge >= 0.3 is 11.9 Å². The van der Waals surface area contributed by atoms with Gasteiger partial charge in [0.1, 0.15) is 0 Å². The fourth-order valence-corrected chi connectivity index (χ4v) is 6.98. The molecule has 0 unspecified atom stereocenters. The number of benzene rings is 1. The number of nitrogens with one attached hydrogen (secondary N) is 1. The van der Waals surface area contributed by atoms with E-state index in [-0.39, 0.29) is 55.4 Å². The van der Waals surface area contributed by atoms with Gasteiger partial charge in [-0.05, 0) is 43.6 Å². The molecule has 4 saturated heterocycles. The molecule has 4 heterocycles. The van der Waals surface area contributed by atoms with Gasteiger partial charge in [0, 0.05) is 37.1 Å². The normalized spacial score (nSPS) is 37.7. The third-order valence-electron chi connectivity index (χ3n) is 9.14. The predicted molar refractivity (Wildman–Crippen MR) is 137 cm³/mol. The minimum atomic E-state index is -0.944. The Hall–Kier alpha value is -2.53. The molecule has 10 heteroatoms. The van der Waals surface area contributed by atoms with Crippen molar-refractivity contribution >= 4 is 17.8 Å². The Morgan fingerprint density at radius 1 is 1.08 bits per heavy atom. The van der Waals surface area contributed by atoms with Gasteiger partial charge in [-0.3, -0.25) is 14.4 Å². The molecule has 2 bridgehead atoms. The summed E-state index contributed by atoms with van der Waals surface area (Å²) in [4.78, 5) is 48.5. The summed E-state index contributed by atoms with van der Waals surface area (Å²) < 4.78 is 18.3. The fraction of sp³-hybridized carbons (Fsp3) is 0.690. The fourth-order valence-electron chi connectivity index (χ4n) is 6.98. The molecule has 1 amide bonds. The van der Waals surface area contributed by atoms with Crippen molar-refractivity contribution in [3.05, 3.63) is 35.9 Å². The molecule has 0 radical (unpaired) electrons. The first kappa shape index (κ1) is 28.0. The van der Waals surface area contributed by atoms with E-state index in [9.17, 15) is 19.5 Å². The minimum absolute atomic E-state index is 0.0327. The summed E-state index contributed by atoms with van der Waals surface area (Å²) in [6, 6.07) is 9.18. The van der Waals surface area contributed by atoms with Crippen molar-refractivity contribution in [1.29, 1.82) is 0 Å². The zero-order valence-electron chi connectivity index (χ0n) is 22.8. The molecule has 4 aliphatic heterocycles. The average Bonchev–Trinajstić information content (AvgIpc) is 3.14. The number of carbonyl (C=O) groups excluding carboxylic acids is 2. The molecule has 5 aliphatic rings. The van der Waals surface area contributed by atoms with Gasteiger partial charge in [-0.2, -0.15) is 0 Å². The molecule has 5 fully saturated rings. The summed E-state index contributed by atoms with van der Waals surface area (Å²) in [6.07, 6.45) is 1.71. The molecule has 6 rings (SSSR count). The van der Waals surface area contributed by atoms with E-state index in [1.54, 1.807) is 0 Å². The van der Waals surface area contributed by atoms with Crippen molar-refractivity contribution in [2.24, 2.45) is 23.7 Å². The first-order chi connectivity index (χ1) is 18.6. The van der Waals surface area contributed by atoms with E-state index in [1.165, 1.54) is 0 Å². The van der Waals surface area contributed by atoms with Crippen molar-refractivity contribution in [2.45, 2.75) is 95.6 Å². The molecule has 1 aliphatic carbocycles. The Bertz CT molecular complexity index is 1070. The highest BCUT2D eigenvalue weighted by molar-refractivity contribution is 5.81. The molecule has 9 atom stereocenters. The van der Waals surface area contributed by atoms with E-state index in [4.69, 9.17) is 24.0 Å². The molecule has 0 aromatic heterocycles. The maximum absolute atomic E-state index is 12.8. The molecule has 1 spiro atoms. The summed E-state index contributed by atoms with van der Waals surface area (Å²) in [5.74, 6) is -2.57. The van der Waals surface area contributed by atoms with Crippen LogP contribution in [0.2, 0.25) is 0 Å². The second-order valence-corrected chi connectivity index (χ2v) is 11.8. The quantitative estimate of drug-likeness (QED) is 0.351. The minimum Gasteiger partial charge on any atom is -0.481 e. The number of amides is 1. The molecule has 1 aromatic carbocycles. The number of rotatable bonds is 9. The van der Waals surface area contributed by atoms with Gasteiger partial charge in [0.15, 0.2) is 11.9 Å². The maximum atomic E-state index is 12.8. The number of carboxylic acids is 1. The van der Waals surface area contributed by atoms with Gasteiger partial charge in [-0.1, -0.05) is 44.2 Å². The molecule has 1 aromatic rings. The summed E-state index contributed by atoms with van der Waals surface area (Å²) in [7, 11) is 0.